The monoisotopic (exact) mass is 285 g/mol. The van der Waals surface area contributed by atoms with Gasteiger partial charge in [-0.15, -0.1) is 0 Å². The van der Waals surface area contributed by atoms with E-state index in [2.05, 4.69) is 15.6 Å². The van der Waals surface area contributed by atoms with Gasteiger partial charge < -0.3 is 15.7 Å². The Balaban J connectivity index is 2.17. The molecule has 6 nitrogen and oxygen atoms in total. The number of hydrogen-bond donors (Lipinski definition) is 3. The second kappa shape index (κ2) is 6.04. The fourth-order valence-electron chi connectivity index (χ4n) is 1.81. The molecule has 6 heteroatoms. The zero-order chi connectivity index (χ0) is 15.4. The summed E-state index contributed by atoms with van der Waals surface area (Å²) < 4.78 is 0. The summed E-state index contributed by atoms with van der Waals surface area (Å²) >= 11 is 0. The summed E-state index contributed by atoms with van der Waals surface area (Å²) in [5.74, 6) is -1.09. The van der Waals surface area contributed by atoms with E-state index in [0.29, 0.717) is 5.69 Å². The van der Waals surface area contributed by atoms with Crippen molar-refractivity contribution in [2.45, 2.75) is 13.8 Å². The summed E-state index contributed by atoms with van der Waals surface area (Å²) in [6, 6.07) is 6.06. The van der Waals surface area contributed by atoms with Crippen LogP contribution in [0.25, 0.3) is 0 Å². The van der Waals surface area contributed by atoms with Gasteiger partial charge >= 0.3 is 12.0 Å². The highest BCUT2D eigenvalue weighted by Gasteiger charge is 2.13. The Hall–Kier alpha value is -2.89. The van der Waals surface area contributed by atoms with E-state index in [4.69, 9.17) is 5.11 Å². The molecule has 2 aromatic rings. The first-order valence-electron chi connectivity index (χ1n) is 6.30. The van der Waals surface area contributed by atoms with Crippen molar-refractivity contribution in [2.75, 3.05) is 10.6 Å². The van der Waals surface area contributed by atoms with Crippen molar-refractivity contribution in [3.8, 4) is 0 Å². The number of anilines is 2. The molecule has 0 aliphatic heterocycles. The molecule has 108 valence electrons. The van der Waals surface area contributed by atoms with Gasteiger partial charge in [0.05, 0.1) is 23.1 Å². The minimum Gasteiger partial charge on any atom is -0.478 e. The first kappa shape index (κ1) is 14.5. The molecule has 0 atom stereocenters. The molecule has 0 spiro atoms. The Morgan fingerprint density at radius 2 is 1.81 bits per heavy atom. The van der Waals surface area contributed by atoms with Gasteiger partial charge in [0.25, 0.3) is 0 Å². The largest absolute Gasteiger partial charge is 0.478 e. The fourth-order valence-corrected chi connectivity index (χ4v) is 1.81. The van der Waals surface area contributed by atoms with Crippen molar-refractivity contribution in [3.05, 3.63) is 53.3 Å². The normalized spacial score (nSPS) is 10.0. The second-order valence-corrected chi connectivity index (χ2v) is 4.62. The third-order valence-electron chi connectivity index (χ3n) is 2.94. The van der Waals surface area contributed by atoms with Crippen LogP contribution in [0, 0.1) is 13.8 Å². The van der Waals surface area contributed by atoms with Crippen LogP contribution in [-0.4, -0.2) is 22.1 Å². The average Bonchev–Trinajstić information content (AvgIpc) is 2.43. The molecule has 0 saturated heterocycles. The number of rotatable bonds is 3. The van der Waals surface area contributed by atoms with Crippen molar-refractivity contribution >= 4 is 23.4 Å². The lowest BCUT2D eigenvalue weighted by Crippen LogP contribution is -2.21. The number of carboxylic acids is 1. The highest BCUT2D eigenvalue weighted by molar-refractivity contribution is 6.04. The third-order valence-corrected chi connectivity index (χ3v) is 2.94. The molecule has 21 heavy (non-hydrogen) atoms. The number of pyridine rings is 1. The molecule has 2 amide bonds. The number of nitrogens with one attached hydrogen (secondary N) is 2. The van der Waals surface area contributed by atoms with E-state index in [9.17, 15) is 9.59 Å². The molecule has 1 heterocycles. The SMILES string of the molecule is Cc1ccc(NC(=O)Nc2cnccc2C)c(C(=O)O)c1. The number of amides is 2. The Labute approximate surface area is 121 Å². The highest BCUT2D eigenvalue weighted by atomic mass is 16.4. The number of carbonyl (C=O) groups is 2. The number of hydrogen-bond acceptors (Lipinski definition) is 3. The lowest BCUT2D eigenvalue weighted by Gasteiger charge is -2.11. The zero-order valence-electron chi connectivity index (χ0n) is 11.7. The molecule has 0 radical (unpaired) electrons. The number of benzene rings is 1. The predicted molar refractivity (Wildman–Crippen MR) is 79.8 cm³/mol. The van der Waals surface area contributed by atoms with Crippen LogP contribution in [0.15, 0.2) is 36.7 Å². The Bertz CT molecular complexity index is 698. The van der Waals surface area contributed by atoms with Crippen LogP contribution >= 0.6 is 0 Å². The highest BCUT2D eigenvalue weighted by Crippen LogP contribution is 2.18. The van der Waals surface area contributed by atoms with Crippen LogP contribution < -0.4 is 10.6 Å². The summed E-state index contributed by atoms with van der Waals surface area (Å²) in [4.78, 5) is 27.1. The molecule has 0 fully saturated rings. The maximum Gasteiger partial charge on any atom is 0.337 e. The number of aromatic nitrogens is 1. The van der Waals surface area contributed by atoms with Gasteiger partial charge in [0.15, 0.2) is 0 Å². The molecule has 0 aliphatic rings. The van der Waals surface area contributed by atoms with Gasteiger partial charge in [-0.05, 0) is 37.6 Å². The van der Waals surface area contributed by atoms with Crippen molar-refractivity contribution in [3.63, 3.8) is 0 Å². The maximum atomic E-state index is 12.0. The van der Waals surface area contributed by atoms with Crippen LogP contribution in [0.2, 0.25) is 0 Å². The van der Waals surface area contributed by atoms with E-state index < -0.39 is 12.0 Å². The third kappa shape index (κ3) is 3.56. The van der Waals surface area contributed by atoms with Gasteiger partial charge in [0.1, 0.15) is 0 Å². The first-order chi connectivity index (χ1) is 9.97. The quantitative estimate of drug-likeness (QED) is 0.808. The summed E-state index contributed by atoms with van der Waals surface area (Å²) in [5, 5.41) is 14.3. The zero-order valence-corrected chi connectivity index (χ0v) is 11.7. The summed E-state index contributed by atoms with van der Waals surface area (Å²) in [6.07, 6.45) is 3.16. The van der Waals surface area contributed by atoms with Crippen molar-refractivity contribution in [2.24, 2.45) is 0 Å². The van der Waals surface area contributed by atoms with Crippen LogP contribution in [0.3, 0.4) is 0 Å². The van der Waals surface area contributed by atoms with E-state index in [1.807, 2.05) is 6.92 Å². The first-order valence-corrected chi connectivity index (χ1v) is 6.30. The van der Waals surface area contributed by atoms with Gasteiger partial charge in [0, 0.05) is 6.20 Å². The summed E-state index contributed by atoms with van der Waals surface area (Å²) in [6.45, 7) is 3.63. The van der Waals surface area contributed by atoms with Gasteiger partial charge in [-0.25, -0.2) is 9.59 Å². The van der Waals surface area contributed by atoms with E-state index in [1.54, 1.807) is 31.3 Å². The number of nitrogens with zero attached hydrogens (tertiary/aromatic N) is 1. The van der Waals surface area contributed by atoms with Crippen molar-refractivity contribution in [1.82, 2.24) is 4.98 Å². The molecule has 0 bridgehead atoms. The Morgan fingerprint density at radius 3 is 2.48 bits per heavy atom. The maximum absolute atomic E-state index is 12.0. The lowest BCUT2D eigenvalue weighted by atomic mass is 10.1. The molecule has 1 aromatic carbocycles. The minimum atomic E-state index is -1.09. The number of aryl methyl sites for hydroxylation is 2. The smallest absolute Gasteiger partial charge is 0.337 e. The van der Waals surface area contributed by atoms with E-state index in [1.165, 1.54) is 12.3 Å². The van der Waals surface area contributed by atoms with Crippen molar-refractivity contribution < 1.29 is 14.7 Å². The van der Waals surface area contributed by atoms with E-state index in [0.717, 1.165) is 11.1 Å². The Kier molecular flexibility index (Phi) is 4.18. The number of aromatic carboxylic acids is 1. The Morgan fingerprint density at radius 1 is 1.10 bits per heavy atom. The topological polar surface area (TPSA) is 91.3 Å². The minimum absolute atomic E-state index is 0.0491. The van der Waals surface area contributed by atoms with Gasteiger partial charge in [0.2, 0.25) is 0 Å². The van der Waals surface area contributed by atoms with Crippen LogP contribution in [-0.2, 0) is 0 Å². The van der Waals surface area contributed by atoms with Gasteiger partial charge in [-0.3, -0.25) is 4.98 Å². The lowest BCUT2D eigenvalue weighted by molar-refractivity contribution is 0.0698. The van der Waals surface area contributed by atoms with E-state index >= 15 is 0 Å². The van der Waals surface area contributed by atoms with Crippen LogP contribution in [0.5, 0.6) is 0 Å². The van der Waals surface area contributed by atoms with Crippen molar-refractivity contribution in [1.29, 1.82) is 0 Å². The molecule has 0 unspecified atom stereocenters. The molecular weight excluding hydrogens is 270 g/mol. The summed E-state index contributed by atoms with van der Waals surface area (Å²) in [5.41, 5.74) is 2.53. The second-order valence-electron chi connectivity index (χ2n) is 4.62. The van der Waals surface area contributed by atoms with E-state index in [-0.39, 0.29) is 11.3 Å². The van der Waals surface area contributed by atoms with Gasteiger partial charge in [-0.1, -0.05) is 11.6 Å². The van der Waals surface area contributed by atoms with Gasteiger partial charge in [-0.2, -0.15) is 0 Å². The fraction of sp³-hybridized carbons (Fsp3) is 0.133. The summed E-state index contributed by atoms with van der Waals surface area (Å²) in [7, 11) is 0. The molecule has 3 N–H and O–H groups in total. The molecular formula is C15H15N3O3. The molecule has 2 rings (SSSR count). The number of urea groups is 1. The van der Waals surface area contributed by atoms with Crippen LogP contribution in [0.4, 0.5) is 16.2 Å². The molecule has 0 saturated carbocycles. The van der Waals surface area contributed by atoms with Crippen LogP contribution in [0.1, 0.15) is 21.5 Å². The number of carboxylic acid groups (broad SMARTS) is 1. The molecule has 0 aliphatic carbocycles. The standard InChI is InChI=1S/C15H15N3O3/c1-9-3-4-12(11(7-9)14(19)20)17-15(21)18-13-8-16-6-5-10(13)2/h3-8H,1-2H3,(H,19,20)(H2,17,18,21). The average molecular weight is 285 g/mol. The molecule has 1 aromatic heterocycles. The predicted octanol–water partition coefficient (Wildman–Crippen LogP) is 3.04. The number of carbonyl (C=O) groups excluding carboxylic acids is 1.